The fourth-order valence-corrected chi connectivity index (χ4v) is 4.99. The summed E-state index contributed by atoms with van der Waals surface area (Å²) in [5.41, 5.74) is 7.29. The largest absolute Gasteiger partial charge is 0.456 e. The normalized spacial score (nSPS) is 15.1. The number of rotatable bonds is 2. The molecule has 0 unspecified atom stereocenters. The van der Waals surface area contributed by atoms with Crippen LogP contribution >= 0.6 is 0 Å². The number of nitriles is 1. The molecule has 0 atom stereocenters. The van der Waals surface area contributed by atoms with E-state index in [1.165, 1.54) is 30.4 Å². The molecular weight excluding hydrogens is 356 g/mol. The second kappa shape index (κ2) is 7.04. The summed E-state index contributed by atoms with van der Waals surface area (Å²) in [6.07, 6.45) is 8.13. The Kier molecular flexibility index (Phi) is 4.36. The lowest BCUT2D eigenvalue weighted by atomic mass is 9.81. The fraction of sp³-hybridized carbons (Fsp3) is 0.308. The quantitative estimate of drug-likeness (QED) is 0.382. The molecule has 29 heavy (non-hydrogen) atoms. The zero-order valence-corrected chi connectivity index (χ0v) is 17.0. The Labute approximate surface area is 171 Å². The lowest BCUT2D eigenvalue weighted by molar-refractivity contribution is -0.660. The number of hydrogen-bond acceptors (Lipinski definition) is 2. The van der Waals surface area contributed by atoms with Crippen molar-refractivity contribution in [3.05, 3.63) is 65.4 Å². The van der Waals surface area contributed by atoms with Crippen LogP contribution in [0.5, 0.6) is 0 Å². The molecule has 1 saturated carbocycles. The van der Waals surface area contributed by atoms with Crippen LogP contribution < -0.4 is 4.57 Å². The van der Waals surface area contributed by atoms with Gasteiger partial charge in [0.1, 0.15) is 18.2 Å². The molecule has 1 aliphatic rings. The first-order chi connectivity index (χ1) is 14.2. The molecule has 2 aromatic heterocycles. The average Bonchev–Trinajstić information content (AvgIpc) is 3.11. The van der Waals surface area contributed by atoms with E-state index in [1.807, 2.05) is 12.1 Å². The summed E-state index contributed by atoms with van der Waals surface area (Å²) in [4.78, 5) is 0. The molecule has 144 valence electrons. The van der Waals surface area contributed by atoms with Crippen LogP contribution in [-0.2, 0) is 7.05 Å². The first-order valence-electron chi connectivity index (χ1n) is 10.5. The molecule has 0 radical (unpaired) electrons. The first-order valence-corrected chi connectivity index (χ1v) is 10.5. The SMILES string of the molecule is Cc1cc2c(cc1-c1cccc[n+]1C)oc1c(C3CCCCC3)c(C#N)ccc12. The van der Waals surface area contributed by atoms with Gasteiger partial charge in [0.25, 0.3) is 0 Å². The van der Waals surface area contributed by atoms with Crippen LogP contribution in [0.15, 0.2) is 53.1 Å². The fourth-order valence-electron chi connectivity index (χ4n) is 4.99. The van der Waals surface area contributed by atoms with Crippen LogP contribution in [0.2, 0.25) is 0 Å². The molecule has 2 aromatic carbocycles. The topological polar surface area (TPSA) is 40.8 Å². The summed E-state index contributed by atoms with van der Waals surface area (Å²) < 4.78 is 8.61. The van der Waals surface area contributed by atoms with Crippen molar-refractivity contribution < 1.29 is 8.98 Å². The van der Waals surface area contributed by atoms with Gasteiger partial charge in [0, 0.05) is 28.5 Å². The summed E-state index contributed by atoms with van der Waals surface area (Å²) in [7, 11) is 2.07. The summed E-state index contributed by atoms with van der Waals surface area (Å²) in [6, 6.07) is 17.1. The average molecular weight is 381 g/mol. The molecule has 2 heterocycles. The number of benzene rings is 2. The van der Waals surface area contributed by atoms with Crippen molar-refractivity contribution in [2.24, 2.45) is 7.05 Å². The highest BCUT2D eigenvalue weighted by molar-refractivity contribution is 6.07. The highest BCUT2D eigenvalue weighted by Crippen LogP contribution is 2.42. The number of furan rings is 1. The maximum atomic E-state index is 9.76. The van der Waals surface area contributed by atoms with E-state index < -0.39 is 0 Å². The number of hydrogen-bond donors (Lipinski definition) is 0. The van der Waals surface area contributed by atoms with Crippen molar-refractivity contribution >= 4 is 21.9 Å². The van der Waals surface area contributed by atoms with Gasteiger partial charge in [0.15, 0.2) is 6.20 Å². The van der Waals surface area contributed by atoms with Gasteiger partial charge in [0.05, 0.1) is 17.2 Å². The van der Waals surface area contributed by atoms with Gasteiger partial charge in [-0.1, -0.05) is 19.3 Å². The summed E-state index contributed by atoms with van der Waals surface area (Å²) in [5.74, 6) is 0.426. The molecule has 3 heteroatoms. The number of pyridine rings is 1. The van der Waals surface area contributed by atoms with E-state index in [2.05, 4.69) is 61.1 Å². The minimum Gasteiger partial charge on any atom is -0.456 e. The molecule has 5 rings (SSSR count). The first kappa shape index (κ1) is 17.9. The number of aryl methyl sites for hydroxylation is 2. The van der Waals surface area contributed by atoms with Crippen molar-refractivity contribution in [3.63, 3.8) is 0 Å². The van der Waals surface area contributed by atoms with Crippen LogP contribution in [0, 0.1) is 18.3 Å². The van der Waals surface area contributed by atoms with E-state index in [0.29, 0.717) is 5.92 Å². The van der Waals surface area contributed by atoms with E-state index in [1.54, 1.807) is 0 Å². The van der Waals surface area contributed by atoms with Crippen molar-refractivity contribution in [1.82, 2.24) is 0 Å². The molecule has 1 aliphatic carbocycles. The monoisotopic (exact) mass is 381 g/mol. The Balaban J connectivity index is 1.77. The van der Waals surface area contributed by atoms with Gasteiger partial charge in [-0.25, -0.2) is 4.57 Å². The third kappa shape index (κ3) is 2.91. The molecule has 0 saturated heterocycles. The third-order valence-corrected chi connectivity index (χ3v) is 6.49. The zero-order chi connectivity index (χ0) is 20.0. The highest BCUT2D eigenvalue weighted by Gasteiger charge is 2.25. The van der Waals surface area contributed by atoms with Gasteiger partial charge >= 0.3 is 0 Å². The van der Waals surface area contributed by atoms with E-state index in [4.69, 9.17) is 4.42 Å². The molecule has 0 aliphatic heterocycles. The standard InChI is InChI=1S/C26H25N2O/c1-17-14-22-20-12-11-19(16-27)25(18-8-4-3-5-9-18)26(20)29-24(22)15-21(17)23-10-6-7-13-28(23)2/h6-7,10-15,18H,3-5,8-9H2,1-2H3/q+1. The lowest BCUT2D eigenvalue weighted by Gasteiger charge is -2.22. The predicted octanol–water partition coefficient (Wildman–Crippen LogP) is 6.31. The smallest absolute Gasteiger partial charge is 0.212 e. The molecule has 0 bridgehead atoms. The summed E-state index contributed by atoms with van der Waals surface area (Å²) >= 11 is 0. The molecule has 3 nitrogen and oxygen atoms in total. The van der Waals surface area contributed by atoms with Gasteiger partial charge < -0.3 is 4.42 Å². The van der Waals surface area contributed by atoms with Gasteiger partial charge in [-0.3, -0.25) is 0 Å². The number of aromatic nitrogens is 1. The molecule has 0 N–H and O–H groups in total. The highest BCUT2D eigenvalue weighted by atomic mass is 16.3. The van der Waals surface area contributed by atoms with Crippen LogP contribution in [0.1, 0.15) is 54.7 Å². The number of fused-ring (bicyclic) bond motifs is 3. The van der Waals surface area contributed by atoms with E-state index in [-0.39, 0.29) is 0 Å². The number of nitrogens with zero attached hydrogens (tertiary/aromatic N) is 2. The van der Waals surface area contributed by atoms with Crippen molar-refractivity contribution in [1.29, 1.82) is 5.26 Å². The second-order valence-corrected chi connectivity index (χ2v) is 8.31. The lowest BCUT2D eigenvalue weighted by Crippen LogP contribution is -2.30. The Morgan fingerprint density at radius 1 is 1.03 bits per heavy atom. The van der Waals surface area contributed by atoms with Gasteiger partial charge in [0.2, 0.25) is 5.69 Å². The van der Waals surface area contributed by atoms with E-state index in [0.717, 1.165) is 51.6 Å². The Morgan fingerprint density at radius 2 is 1.86 bits per heavy atom. The molecule has 1 fully saturated rings. The third-order valence-electron chi connectivity index (χ3n) is 6.49. The predicted molar refractivity (Wildman–Crippen MR) is 116 cm³/mol. The van der Waals surface area contributed by atoms with Gasteiger partial charge in [-0.2, -0.15) is 5.26 Å². The Hall–Kier alpha value is -3.12. The molecule has 4 aromatic rings. The van der Waals surface area contributed by atoms with E-state index in [9.17, 15) is 5.26 Å². The van der Waals surface area contributed by atoms with Crippen molar-refractivity contribution in [3.8, 4) is 17.3 Å². The zero-order valence-electron chi connectivity index (χ0n) is 17.0. The van der Waals surface area contributed by atoms with Crippen LogP contribution in [0.4, 0.5) is 0 Å². The maximum Gasteiger partial charge on any atom is 0.212 e. The summed E-state index contributed by atoms with van der Waals surface area (Å²) in [5, 5.41) is 12.0. The Morgan fingerprint density at radius 3 is 2.62 bits per heavy atom. The van der Waals surface area contributed by atoms with Crippen molar-refractivity contribution in [2.45, 2.75) is 44.9 Å². The van der Waals surface area contributed by atoms with Gasteiger partial charge in [-0.15, -0.1) is 0 Å². The minimum atomic E-state index is 0.426. The van der Waals surface area contributed by atoms with Crippen LogP contribution in [0.25, 0.3) is 33.2 Å². The molecular formula is C26H25N2O+. The second-order valence-electron chi connectivity index (χ2n) is 8.31. The minimum absolute atomic E-state index is 0.426. The van der Waals surface area contributed by atoms with Crippen LogP contribution in [-0.4, -0.2) is 0 Å². The van der Waals surface area contributed by atoms with Crippen molar-refractivity contribution in [2.75, 3.05) is 0 Å². The van der Waals surface area contributed by atoms with E-state index >= 15 is 0 Å². The summed E-state index contributed by atoms with van der Waals surface area (Å²) in [6.45, 7) is 2.16. The molecule has 0 spiro atoms. The van der Waals surface area contributed by atoms with Gasteiger partial charge in [-0.05, 0) is 61.6 Å². The molecule has 0 amide bonds. The van der Waals surface area contributed by atoms with Crippen LogP contribution in [0.3, 0.4) is 0 Å². The Bertz CT molecular complexity index is 1270. The maximum absolute atomic E-state index is 9.76.